The monoisotopic (exact) mass is 296 g/mol. The summed E-state index contributed by atoms with van der Waals surface area (Å²) < 4.78 is 5.11. The zero-order chi connectivity index (χ0) is 14.5. The Bertz CT molecular complexity index is 471. The topological polar surface area (TPSA) is 41.6 Å². The predicted octanol–water partition coefficient (Wildman–Crippen LogP) is 2.10. The molecule has 2 rings (SSSR count). The zero-order valence-electron chi connectivity index (χ0n) is 12.0. The summed E-state index contributed by atoms with van der Waals surface area (Å²) in [7, 11) is 3.57. The summed E-state index contributed by atoms with van der Waals surface area (Å²) >= 11 is 6.18. The minimum atomic E-state index is 0.145. The van der Waals surface area contributed by atoms with Gasteiger partial charge in [0, 0.05) is 24.2 Å². The number of hydrogen-bond acceptors (Lipinski definition) is 3. The maximum atomic E-state index is 12.3. The van der Waals surface area contributed by atoms with Crippen molar-refractivity contribution in [2.75, 3.05) is 27.2 Å². The number of carbonyl (C=O) groups excluding carboxylic acids is 1. The first-order valence-corrected chi connectivity index (χ1v) is 7.29. The Kier molecular flexibility index (Phi) is 5.26. The largest absolute Gasteiger partial charge is 0.497 e. The molecule has 0 aliphatic carbocycles. The van der Waals surface area contributed by atoms with Crippen molar-refractivity contribution in [2.45, 2.75) is 25.3 Å². The zero-order valence-corrected chi connectivity index (χ0v) is 12.7. The quantitative estimate of drug-likeness (QED) is 0.925. The number of amides is 1. The van der Waals surface area contributed by atoms with Crippen LogP contribution in [0.25, 0.3) is 0 Å². The van der Waals surface area contributed by atoms with Crippen LogP contribution in [0.2, 0.25) is 5.02 Å². The van der Waals surface area contributed by atoms with Gasteiger partial charge in [0.25, 0.3) is 0 Å². The van der Waals surface area contributed by atoms with Crippen molar-refractivity contribution in [1.29, 1.82) is 0 Å². The van der Waals surface area contributed by atoms with E-state index in [2.05, 4.69) is 5.32 Å². The Morgan fingerprint density at radius 1 is 1.45 bits per heavy atom. The molecular formula is C15H21ClN2O2. The molecule has 0 aromatic heterocycles. The van der Waals surface area contributed by atoms with E-state index in [1.165, 1.54) is 0 Å². The number of ether oxygens (including phenoxy) is 1. The summed E-state index contributed by atoms with van der Waals surface area (Å²) in [6.45, 7) is 1.64. The van der Waals surface area contributed by atoms with Crippen LogP contribution in [0.15, 0.2) is 18.2 Å². The van der Waals surface area contributed by atoms with Gasteiger partial charge in [0.15, 0.2) is 0 Å². The number of halogens is 1. The highest BCUT2D eigenvalue weighted by atomic mass is 35.5. The lowest BCUT2D eigenvalue weighted by Gasteiger charge is -2.32. The number of benzene rings is 1. The van der Waals surface area contributed by atoms with Gasteiger partial charge in [-0.2, -0.15) is 0 Å². The van der Waals surface area contributed by atoms with Gasteiger partial charge >= 0.3 is 0 Å². The number of methoxy groups -OCH3 is 1. The van der Waals surface area contributed by atoms with Crippen molar-refractivity contribution >= 4 is 17.5 Å². The second-order valence-corrected chi connectivity index (χ2v) is 5.49. The lowest BCUT2D eigenvalue weighted by Crippen LogP contribution is -2.44. The molecule has 5 heteroatoms. The van der Waals surface area contributed by atoms with E-state index in [4.69, 9.17) is 16.3 Å². The molecule has 1 amide bonds. The van der Waals surface area contributed by atoms with E-state index in [0.717, 1.165) is 31.5 Å². The van der Waals surface area contributed by atoms with Gasteiger partial charge in [-0.3, -0.25) is 4.79 Å². The molecule has 0 unspecified atom stereocenters. The third-order valence-electron chi connectivity index (χ3n) is 3.86. The first kappa shape index (κ1) is 15.1. The van der Waals surface area contributed by atoms with Gasteiger partial charge in [-0.1, -0.05) is 17.7 Å². The number of rotatable bonds is 4. The molecule has 0 radical (unpaired) electrons. The van der Waals surface area contributed by atoms with Crippen LogP contribution in [-0.4, -0.2) is 44.1 Å². The van der Waals surface area contributed by atoms with Crippen LogP contribution in [0.4, 0.5) is 0 Å². The van der Waals surface area contributed by atoms with Gasteiger partial charge in [-0.25, -0.2) is 0 Å². The molecule has 0 spiro atoms. The van der Waals surface area contributed by atoms with Crippen LogP contribution >= 0.6 is 11.6 Å². The highest BCUT2D eigenvalue weighted by Crippen LogP contribution is 2.23. The Morgan fingerprint density at radius 3 is 2.70 bits per heavy atom. The molecule has 1 fully saturated rings. The van der Waals surface area contributed by atoms with Gasteiger partial charge in [0.05, 0.1) is 13.5 Å². The molecule has 1 aromatic rings. The lowest BCUT2D eigenvalue weighted by atomic mass is 10.0. The molecule has 0 bridgehead atoms. The fourth-order valence-corrected chi connectivity index (χ4v) is 2.73. The molecule has 1 saturated heterocycles. The molecule has 0 atom stereocenters. The summed E-state index contributed by atoms with van der Waals surface area (Å²) in [5.41, 5.74) is 0.855. The molecule has 0 saturated carbocycles. The predicted molar refractivity (Wildman–Crippen MR) is 80.4 cm³/mol. The van der Waals surface area contributed by atoms with Crippen molar-refractivity contribution in [1.82, 2.24) is 10.2 Å². The smallest absolute Gasteiger partial charge is 0.227 e. The molecule has 110 valence electrons. The Balaban J connectivity index is 1.95. The summed E-state index contributed by atoms with van der Waals surface area (Å²) in [5.74, 6) is 0.854. The SMILES string of the molecule is CNC1CCN(C(=O)Cc2ccc(OC)cc2Cl)CC1. The fourth-order valence-electron chi connectivity index (χ4n) is 2.49. The van der Waals surface area contributed by atoms with Gasteiger partial charge in [-0.15, -0.1) is 0 Å². The Morgan fingerprint density at radius 2 is 2.15 bits per heavy atom. The van der Waals surface area contributed by atoms with Crippen molar-refractivity contribution in [3.8, 4) is 5.75 Å². The molecule has 1 heterocycles. The number of nitrogens with zero attached hydrogens (tertiary/aromatic N) is 1. The standard InChI is InChI=1S/C15H21ClN2O2/c1-17-12-5-7-18(8-6-12)15(19)9-11-3-4-13(20-2)10-14(11)16/h3-4,10,12,17H,5-9H2,1-2H3. The third kappa shape index (κ3) is 3.64. The minimum Gasteiger partial charge on any atom is -0.497 e. The Labute approximate surface area is 125 Å². The highest BCUT2D eigenvalue weighted by molar-refractivity contribution is 6.31. The number of piperidine rings is 1. The maximum absolute atomic E-state index is 12.3. The first-order chi connectivity index (χ1) is 9.63. The summed E-state index contributed by atoms with van der Waals surface area (Å²) in [6, 6.07) is 5.97. The molecule has 1 aromatic carbocycles. The van der Waals surface area contributed by atoms with Crippen molar-refractivity contribution in [3.63, 3.8) is 0 Å². The fraction of sp³-hybridized carbons (Fsp3) is 0.533. The molecule has 1 N–H and O–H groups in total. The average Bonchev–Trinajstić information content (AvgIpc) is 2.49. The Hall–Kier alpha value is -1.26. The van der Waals surface area contributed by atoms with E-state index in [1.54, 1.807) is 13.2 Å². The van der Waals surface area contributed by atoms with Crippen molar-refractivity contribution < 1.29 is 9.53 Å². The number of likely N-dealkylation sites (tertiary alicyclic amines) is 1. The highest BCUT2D eigenvalue weighted by Gasteiger charge is 2.22. The molecule has 20 heavy (non-hydrogen) atoms. The first-order valence-electron chi connectivity index (χ1n) is 6.91. The van der Waals surface area contributed by atoms with E-state index < -0.39 is 0 Å². The van der Waals surface area contributed by atoms with Crippen molar-refractivity contribution in [3.05, 3.63) is 28.8 Å². The van der Waals surface area contributed by atoms with Crippen LogP contribution in [0.1, 0.15) is 18.4 Å². The minimum absolute atomic E-state index is 0.145. The van der Waals surface area contributed by atoms with Crippen LogP contribution < -0.4 is 10.1 Å². The van der Waals surface area contributed by atoms with Crippen LogP contribution in [-0.2, 0) is 11.2 Å². The van der Waals surface area contributed by atoms with E-state index in [9.17, 15) is 4.79 Å². The summed E-state index contributed by atoms with van der Waals surface area (Å²) in [4.78, 5) is 14.2. The number of carbonyl (C=O) groups is 1. The molecule has 1 aliphatic rings. The lowest BCUT2D eigenvalue weighted by molar-refractivity contribution is -0.131. The van der Waals surface area contributed by atoms with Gasteiger partial charge in [0.2, 0.25) is 5.91 Å². The molecular weight excluding hydrogens is 276 g/mol. The van der Waals surface area contributed by atoms with Crippen molar-refractivity contribution in [2.24, 2.45) is 0 Å². The van der Waals surface area contributed by atoms with Gasteiger partial charge < -0.3 is 15.0 Å². The van der Waals surface area contributed by atoms with Gasteiger partial charge in [0.1, 0.15) is 5.75 Å². The van der Waals surface area contributed by atoms with Gasteiger partial charge in [-0.05, 0) is 37.6 Å². The second kappa shape index (κ2) is 6.95. The van der Waals surface area contributed by atoms with Crippen LogP contribution in [0.3, 0.4) is 0 Å². The van der Waals surface area contributed by atoms with Crippen LogP contribution in [0, 0.1) is 0 Å². The van der Waals surface area contributed by atoms with E-state index in [0.29, 0.717) is 23.2 Å². The number of hydrogen-bond donors (Lipinski definition) is 1. The molecule has 1 aliphatic heterocycles. The normalized spacial score (nSPS) is 16.2. The number of nitrogens with one attached hydrogen (secondary N) is 1. The molecule has 4 nitrogen and oxygen atoms in total. The summed E-state index contributed by atoms with van der Waals surface area (Å²) in [6.07, 6.45) is 2.38. The van der Waals surface area contributed by atoms with E-state index in [-0.39, 0.29) is 5.91 Å². The van der Waals surface area contributed by atoms with Crippen LogP contribution in [0.5, 0.6) is 5.75 Å². The third-order valence-corrected chi connectivity index (χ3v) is 4.21. The van der Waals surface area contributed by atoms with E-state index >= 15 is 0 Å². The summed E-state index contributed by atoms with van der Waals surface area (Å²) in [5, 5.41) is 3.85. The maximum Gasteiger partial charge on any atom is 0.227 e. The second-order valence-electron chi connectivity index (χ2n) is 5.08. The van der Waals surface area contributed by atoms with E-state index in [1.807, 2.05) is 24.1 Å². The average molecular weight is 297 g/mol.